The first-order chi connectivity index (χ1) is 4.24. The van der Waals surface area contributed by atoms with Crippen LogP contribution in [-0.4, -0.2) is 17.5 Å². The van der Waals surface area contributed by atoms with E-state index in [4.69, 9.17) is 9.84 Å². The summed E-state index contributed by atoms with van der Waals surface area (Å²) < 4.78 is 5.18. The zero-order chi connectivity index (χ0) is 6.85. The van der Waals surface area contributed by atoms with Crippen LogP contribution in [0, 0.1) is 5.92 Å². The fourth-order valence-electron chi connectivity index (χ4n) is 1.36. The van der Waals surface area contributed by atoms with Crippen LogP contribution in [0.25, 0.3) is 0 Å². The van der Waals surface area contributed by atoms with Gasteiger partial charge in [0.1, 0.15) is 0 Å². The van der Waals surface area contributed by atoms with Crippen LogP contribution in [0.4, 0.5) is 0 Å². The molecule has 9 heavy (non-hydrogen) atoms. The number of hydrogen-bond acceptors (Lipinski definition) is 2. The second-order valence-corrected chi connectivity index (χ2v) is 2.75. The molecule has 0 bridgehead atoms. The second kappa shape index (κ2) is 2.67. The molecule has 2 nitrogen and oxygen atoms in total. The minimum atomic E-state index is -0.495. The Bertz CT molecular complexity index is 92.9. The van der Waals surface area contributed by atoms with Gasteiger partial charge in [-0.1, -0.05) is 13.8 Å². The molecular formula is C7H14O2. The van der Waals surface area contributed by atoms with E-state index in [2.05, 4.69) is 13.8 Å². The van der Waals surface area contributed by atoms with E-state index in [9.17, 15) is 0 Å². The molecule has 0 aromatic heterocycles. The molecule has 0 aromatic rings. The summed E-state index contributed by atoms with van der Waals surface area (Å²) in [5, 5.41) is 8.98. The molecule has 0 aliphatic carbocycles. The molecule has 1 aliphatic heterocycles. The van der Waals surface area contributed by atoms with Crippen molar-refractivity contribution in [3.63, 3.8) is 0 Å². The van der Waals surface area contributed by atoms with Gasteiger partial charge in [0.25, 0.3) is 0 Å². The van der Waals surface area contributed by atoms with Gasteiger partial charge in [0.15, 0.2) is 6.29 Å². The maximum Gasteiger partial charge on any atom is 0.155 e. The van der Waals surface area contributed by atoms with Gasteiger partial charge in [-0.3, -0.25) is 0 Å². The summed E-state index contributed by atoms with van der Waals surface area (Å²) in [6.45, 7) is 4.20. The molecular weight excluding hydrogens is 116 g/mol. The average Bonchev–Trinajstić information content (AvgIpc) is 2.10. The first kappa shape index (κ1) is 7.03. The Morgan fingerprint density at radius 1 is 1.67 bits per heavy atom. The van der Waals surface area contributed by atoms with Gasteiger partial charge in [-0.15, -0.1) is 0 Å². The van der Waals surface area contributed by atoms with E-state index in [1.54, 1.807) is 0 Å². The molecule has 1 rings (SSSR count). The quantitative estimate of drug-likeness (QED) is 0.576. The highest BCUT2D eigenvalue weighted by molar-refractivity contribution is 4.72. The molecule has 1 unspecified atom stereocenters. The maximum atomic E-state index is 8.98. The third kappa shape index (κ3) is 1.43. The molecule has 1 saturated heterocycles. The van der Waals surface area contributed by atoms with Crippen molar-refractivity contribution in [3.8, 4) is 0 Å². The van der Waals surface area contributed by atoms with E-state index in [1.165, 1.54) is 0 Å². The van der Waals surface area contributed by atoms with E-state index in [-0.39, 0.29) is 0 Å². The fraction of sp³-hybridized carbons (Fsp3) is 1.00. The first-order valence-electron chi connectivity index (χ1n) is 3.57. The highest BCUT2D eigenvalue weighted by Crippen LogP contribution is 2.26. The number of aliphatic hydroxyl groups excluding tert-OH is 1. The van der Waals surface area contributed by atoms with Gasteiger partial charge in [-0.2, -0.15) is 0 Å². The minimum Gasteiger partial charge on any atom is -0.368 e. The van der Waals surface area contributed by atoms with Gasteiger partial charge in [0.2, 0.25) is 0 Å². The highest BCUT2D eigenvalue weighted by Gasteiger charge is 2.28. The van der Waals surface area contributed by atoms with E-state index >= 15 is 0 Å². The molecule has 1 heterocycles. The third-order valence-corrected chi connectivity index (χ3v) is 1.94. The number of ether oxygens (including phenoxy) is 1. The third-order valence-electron chi connectivity index (χ3n) is 1.94. The van der Waals surface area contributed by atoms with Gasteiger partial charge in [-0.05, 0) is 12.3 Å². The van der Waals surface area contributed by atoms with Crippen LogP contribution in [0.2, 0.25) is 0 Å². The molecule has 0 spiro atoms. The average molecular weight is 130 g/mol. The zero-order valence-corrected chi connectivity index (χ0v) is 6.00. The Labute approximate surface area is 55.8 Å². The summed E-state index contributed by atoms with van der Waals surface area (Å²) in [5.41, 5.74) is 0. The molecule has 1 fully saturated rings. The SMILES string of the molecule is CC[C@H]1OC(O)C[C@H]1C. The van der Waals surface area contributed by atoms with Gasteiger partial charge < -0.3 is 9.84 Å². The number of hydrogen-bond donors (Lipinski definition) is 1. The van der Waals surface area contributed by atoms with Crippen molar-refractivity contribution in [3.05, 3.63) is 0 Å². The van der Waals surface area contributed by atoms with Crippen molar-refractivity contribution in [2.75, 3.05) is 0 Å². The van der Waals surface area contributed by atoms with Gasteiger partial charge in [0.05, 0.1) is 6.10 Å². The summed E-state index contributed by atoms with van der Waals surface area (Å²) in [5.74, 6) is 0.532. The second-order valence-electron chi connectivity index (χ2n) is 2.75. The highest BCUT2D eigenvalue weighted by atomic mass is 16.6. The molecule has 2 heteroatoms. The van der Waals surface area contributed by atoms with Crippen molar-refractivity contribution in [1.82, 2.24) is 0 Å². The maximum absolute atomic E-state index is 8.98. The van der Waals surface area contributed by atoms with Gasteiger partial charge >= 0.3 is 0 Å². The molecule has 1 N–H and O–H groups in total. The van der Waals surface area contributed by atoms with Gasteiger partial charge in [-0.25, -0.2) is 0 Å². The topological polar surface area (TPSA) is 29.5 Å². The molecule has 0 aromatic carbocycles. The standard InChI is InChI=1S/C7H14O2/c1-3-6-5(2)4-7(8)9-6/h5-8H,3-4H2,1-2H3/t5-,6-,7?/m1/s1. The van der Waals surface area contributed by atoms with Crippen LogP contribution in [0.15, 0.2) is 0 Å². The lowest BCUT2D eigenvalue weighted by Crippen LogP contribution is -2.12. The van der Waals surface area contributed by atoms with Crippen LogP contribution in [0.5, 0.6) is 0 Å². The lowest BCUT2D eigenvalue weighted by atomic mass is 10.0. The number of rotatable bonds is 1. The molecule has 0 radical (unpaired) electrons. The molecule has 1 aliphatic rings. The van der Waals surface area contributed by atoms with Crippen molar-refractivity contribution >= 4 is 0 Å². The van der Waals surface area contributed by atoms with Crippen LogP contribution < -0.4 is 0 Å². The minimum absolute atomic E-state index is 0.292. The Balaban J connectivity index is 2.38. The number of aliphatic hydroxyl groups is 1. The van der Waals surface area contributed by atoms with Crippen molar-refractivity contribution < 1.29 is 9.84 Å². The van der Waals surface area contributed by atoms with E-state index in [0.29, 0.717) is 12.0 Å². The van der Waals surface area contributed by atoms with Crippen LogP contribution in [0.1, 0.15) is 26.7 Å². The summed E-state index contributed by atoms with van der Waals surface area (Å²) in [6.07, 6.45) is 1.61. The Kier molecular flexibility index (Phi) is 2.09. The van der Waals surface area contributed by atoms with Crippen molar-refractivity contribution in [2.45, 2.75) is 39.1 Å². The summed E-state index contributed by atoms with van der Waals surface area (Å²) in [7, 11) is 0. The van der Waals surface area contributed by atoms with Crippen molar-refractivity contribution in [1.29, 1.82) is 0 Å². The molecule has 0 saturated carbocycles. The predicted molar refractivity (Wildman–Crippen MR) is 35.0 cm³/mol. The Hall–Kier alpha value is -0.0800. The lowest BCUT2D eigenvalue weighted by Gasteiger charge is -2.09. The van der Waals surface area contributed by atoms with Crippen LogP contribution in [-0.2, 0) is 4.74 Å². The monoisotopic (exact) mass is 130 g/mol. The lowest BCUT2D eigenvalue weighted by molar-refractivity contribution is -0.0921. The smallest absolute Gasteiger partial charge is 0.155 e. The summed E-state index contributed by atoms with van der Waals surface area (Å²) >= 11 is 0. The Morgan fingerprint density at radius 3 is 2.56 bits per heavy atom. The molecule has 0 amide bonds. The summed E-state index contributed by atoms with van der Waals surface area (Å²) in [4.78, 5) is 0. The zero-order valence-electron chi connectivity index (χ0n) is 6.00. The largest absolute Gasteiger partial charge is 0.368 e. The van der Waals surface area contributed by atoms with E-state index in [0.717, 1.165) is 12.8 Å². The van der Waals surface area contributed by atoms with Crippen molar-refractivity contribution in [2.24, 2.45) is 5.92 Å². The predicted octanol–water partition coefficient (Wildman–Crippen LogP) is 1.14. The van der Waals surface area contributed by atoms with Crippen LogP contribution in [0.3, 0.4) is 0 Å². The molecule has 3 atom stereocenters. The van der Waals surface area contributed by atoms with E-state index in [1.807, 2.05) is 0 Å². The normalized spacial score (nSPS) is 43.7. The fourth-order valence-corrected chi connectivity index (χ4v) is 1.36. The van der Waals surface area contributed by atoms with E-state index < -0.39 is 6.29 Å². The Morgan fingerprint density at radius 2 is 2.33 bits per heavy atom. The van der Waals surface area contributed by atoms with Crippen LogP contribution >= 0.6 is 0 Å². The van der Waals surface area contributed by atoms with Gasteiger partial charge in [0, 0.05) is 6.42 Å². The first-order valence-corrected chi connectivity index (χ1v) is 3.57. The molecule has 54 valence electrons. The summed E-state index contributed by atoms with van der Waals surface area (Å²) in [6, 6.07) is 0.